The van der Waals surface area contributed by atoms with Crippen LogP contribution >= 0.6 is 24.0 Å². The predicted molar refractivity (Wildman–Crippen MR) is 133 cm³/mol. The maximum atomic E-state index is 4.51. The smallest absolute Gasteiger partial charge is 0.191 e. The fourth-order valence-electron chi connectivity index (χ4n) is 3.32. The molecule has 0 aliphatic heterocycles. The highest BCUT2D eigenvalue weighted by Gasteiger charge is 2.14. The van der Waals surface area contributed by atoms with Crippen LogP contribution in [0.3, 0.4) is 0 Å². The zero-order chi connectivity index (χ0) is 20.5. The number of nitrogens with zero attached hydrogens (tertiary/aromatic N) is 4. The van der Waals surface area contributed by atoms with E-state index in [0.717, 1.165) is 44.1 Å². The molecule has 1 aromatic carbocycles. The molecular weight excluding hydrogens is 475 g/mol. The average Bonchev–Trinajstić information content (AvgIpc) is 3.00. The summed E-state index contributed by atoms with van der Waals surface area (Å²) in [6.07, 6.45) is 2.07. The fraction of sp³-hybridized carbons (Fsp3) is 0.545. The Bertz CT molecular complexity index is 751. The van der Waals surface area contributed by atoms with E-state index >= 15 is 0 Å². The van der Waals surface area contributed by atoms with Gasteiger partial charge < -0.3 is 15.5 Å². The van der Waals surface area contributed by atoms with Crippen molar-refractivity contribution < 1.29 is 0 Å². The van der Waals surface area contributed by atoms with Crippen molar-refractivity contribution in [3.8, 4) is 0 Å². The molecular formula is C22H37IN6. The zero-order valence-electron chi connectivity index (χ0n) is 18.7. The first-order valence-corrected chi connectivity index (χ1v) is 10.2. The molecule has 0 aliphatic rings. The van der Waals surface area contributed by atoms with Crippen LogP contribution in [0, 0.1) is 13.8 Å². The Kier molecular flexibility index (Phi) is 11.3. The second kappa shape index (κ2) is 12.8. The van der Waals surface area contributed by atoms with E-state index in [2.05, 4.69) is 88.6 Å². The largest absolute Gasteiger partial charge is 0.356 e. The molecule has 7 heteroatoms. The van der Waals surface area contributed by atoms with Crippen LogP contribution in [0.5, 0.6) is 0 Å². The summed E-state index contributed by atoms with van der Waals surface area (Å²) in [5.74, 6) is 0.838. The van der Waals surface area contributed by atoms with Gasteiger partial charge in [-0.3, -0.25) is 9.67 Å². The predicted octanol–water partition coefficient (Wildman–Crippen LogP) is 3.54. The minimum Gasteiger partial charge on any atom is -0.356 e. The molecule has 29 heavy (non-hydrogen) atoms. The Labute approximate surface area is 193 Å². The average molecular weight is 512 g/mol. The van der Waals surface area contributed by atoms with Crippen molar-refractivity contribution in [3.05, 3.63) is 52.8 Å². The SMILES string of the molecule is CCc1ccc(C(CNC(=NC)NCCCn2nc(C)cc2C)N(C)C)cc1.I. The Morgan fingerprint density at radius 2 is 1.86 bits per heavy atom. The van der Waals surface area contributed by atoms with Gasteiger partial charge in [-0.25, -0.2) is 0 Å². The Morgan fingerprint density at radius 1 is 1.17 bits per heavy atom. The van der Waals surface area contributed by atoms with Crippen molar-refractivity contribution in [2.24, 2.45) is 4.99 Å². The first-order valence-electron chi connectivity index (χ1n) is 10.2. The highest BCUT2D eigenvalue weighted by Crippen LogP contribution is 2.18. The second-order valence-electron chi connectivity index (χ2n) is 7.46. The van der Waals surface area contributed by atoms with Crippen molar-refractivity contribution in [3.63, 3.8) is 0 Å². The van der Waals surface area contributed by atoms with Gasteiger partial charge in [0.05, 0.1) is 11.7 Å². The molecule has 2 rings (SSSR count). The molecule has 0 bridgehead atoms. The number of aromatic nitrogens is 2. The first kappa shape index (κ1) is 25.4. The van der Waals surface area contributed by atoms with Crippen molar-refractivity contribution >= 4 is 29.9 Å². The maximum Gasteiger partial charge on any atom is 0.191 e. The van der Waals surface area contributed by atoms with Crippen LogP contribution in [-0.4, -0.2) is 54.9 Å². The van der Waals surface area contributed by atoms with Crippen LogP contribution in [0.4, 0.5) is 0 Å². The maximum absolute atomic E-state index is 4.51. The van der Waals surface area contributed by atoms with Crippen LogP contribution in [0.1, 0.15) is 41.9 Å². The summed E-state index contributed by atoms with van der Waals surface area (Å²) in [5.41, 5.74) is 4.97. The van der Waals surface area contributed by atoms with Gasteiger partial charge in [-0.1, -0.05) is 31.2 Å². The van der Waals surface area contributed by atoms with Crippen molar-refractivity contribution in [2.45, 2.75) is 46.2 Å². The number of hydrogen-bond donors (Lipinski definition) is 2. The number of aliphatic imine (C=N–C) groups is 1. The van der Waals surface area contributed by atoms with Crippen molar-refractivity contribution in [1.82, 2.24) is 25.3 Å². The lowest BCUT2D eigenvalue weighted by Gasteiger charge is -2.26. The molecule has 1 atom stereocenters. The number of aryl methyl sites for hydroxylation is 4. The van der Waals surface area contributed by atoms with Crippen molar-refractivity contribution in [1.29, 1.82) is 0 Å². The van der Waals surface area contributed by atoms with Crippen LogP contribution in [0.15, 0.2) is 35.3 Å². The summed E-state index contributed by atoms with van der Waals surface area (Å²) in [6, 6.07) is 11.3. The molecule has 1 aromatic heterocycles. The third kappa shape index (κ3) is 7.97. The van der Waals surface area contributed by atoms with E-state index < -0.39 is 0 Å². The summed E-state index contributed by atoms with van der Waals surface area (Å²) in [6.45, 7) is 8.89. The summed E-state index contributed by atoms with van der Waals surface area (Å²) in [7, 11) is 6.05. The number of guanidine groups is 1. The van der Waals surface area contributed by atoms with E-state index in [0.29, 0.717) is 6.04 Å². The molecule has 0 saturated heterocycles. The molecule has 0 aliphatic carbocycles. The molecule has 0 fully saturated rings. The molecule has 1 unspecified atom stereocenters. The van der Waals surface area contributed by atoms with Gasteiger partial charge in [-0.05, 0) is 58.0 Å². The molecule has 1 heterocycles. The van der Waals surface area contributed by atoms with Gasteiger partial charge in [-0.15, -0.1) is 24.0 Å². The standard InChI is InChI=1S/C22H36N6.HI/c1-7-19-9-11-20(12-10-19)21(27(5)6)16-25-22(23-4)24-13-8-14-28-18(3)15-17(2)26-28;/h9-12,15,21H,7-8,13-14,16H2,1-6H3,(H2,23,24,25);1H. The molecule has 0 spiro atoms. The van der Waals surface area contributed by atoms with Gasteiger partial charge in [0.2, 0.25) is 0 Å². The third-order valence-electron chi connectivity index (χ3n) is 5.03. The number of hydrogen-bond acceptors (Lipinski definition) is 3. The van der Waals surface area contributed by atoms with Crippen molar-refractivity contribution in [2.75, 3.05) is 34.2 Å². The van der Waals surface area contributed by atoms with Gasteiger partial charge in [0, 0.05) is 32.4 Å². The highest BCUT2D eigenvalue weighted by molar-refractivity contribution is 14.0. The lowest BCUT2D eigenvalue weighted by atomic mass is 10.0. The monoisotopic (exact) mass is 512 g/mol. The normalized spacial score (nSPS) is 12.6. The van der Waals surface area contributed by atoms with Crippen LogP contribution in [0.25, 0.3) is 0 Å². The molecule has 0 amide bonds. The van der Waals surface area contributed by atoms with Crippen LogP contribution in [0.2, 0.25) is 0 Å². The molecule has 0 radical (unpaired) electrons. The lowest BCUT2D eigenvalue weighted by molar-refractivity contribution is 0.298. The van der Waals surface area contributed by atoms with Gasteiger partial charge in [-0.2, -0.15) is 5.10 Å². The van der Waals surface area contributed by atoms with E-state index in [1.165, 1.54) is 16.8 Å². The summed E-state index contributed by atoms with van der Waals surface area (Å²) in [5, 5.41) is 11.4. The summed E-state index contributed by atoms with van der Waals surface area (Å²) >= 11 is 0. The van der Waals surface area contributed by atoms with E-state index in [4.69, 9.17) is 0 Å². The molecule has 0 saturated carbocycles. The molecule has 2 N–H and O–H groups in total. The van der Waals surface area contributed by atoms with Crippen LogP contribution < -0.4 is 10.6 Å². The van der Waals surface area contributed by atoms with Gasteiger partial charge in [0.15, 0.2) is 5.96 Å². The van der Waals surface area contributed by atoms with Gasteiger partial charge in [0.25, 0.3) is 0 Å². The molecule has 2 aromatic rings. The number of benzene rings is 1. The van der Waals surface area contributed by atoms with E-state index in [-0.39, 0.29) is 24.0 Å². The number of nitrogens with one attached hydrogen (secondary N) is 2. The zero-order valence-corrected chi connectivity index (χ0v) is 21.0. The number of rotatable bonds is 9. The molecule has 6 nitrogen and oxygen atoms in total. The lowest BCUT2D eigenvalue weighted by Crippen LogP contribution is -2.42. The highest BCUT2D eigenvalue weighted by atomic mass is 127. The number of halogens is 1. The summed E-state index contributed by atoms with van der Waals surface area (Å²) < 4.78 is 2.06. The Morgan fingerprint density at radius 3 is 2.38 bits per heavy atom. The third-order valence-corrected chi connectivity index (χ3v) is 5.03. The minimum atomic E-state index is 0. The second-order valence-corrected chi connectivity index (χ2v) is 7.46. The quantitative estimate of drug-likeness (QED) is 0.234. The first-order chi connectivity index (χ1) is 13.4. The van der Waals surface area contributed by atoms with E-state index in [1.807, 2.05) is 14.0 Å². The number of likely N-dealkylation sites (N-methyl/N-ethyl adjacent to an activating group) is 1. The van der Waals surface area contributed by atoms with Gasteiger partial charge in [0.1, 0.15) is 0 Å². The van der Waals surface area contributed by atoms with E-state index in [9.17, 15) is 0 Å². The van der Waals surface area contributed by atoms with Crippen LogP contribution in [-0.2, 0) is 13.0 Å². The Balaban J connectivity index is 0.00000420. The van der Waals surface area contributed by atoms with E-state index in [1.54, 1.807) is 0 Å². The topological polar surface area (TPSA) is 57.5 Å². The minimum absolute atomic E-state index is 0. The summed E-state index contributed by atoms with van der Waals surface area (Å²) in [4.78, 5) is 6.60. The van der Waals surface area contributed by atoms with Gasteiger partial charge >= 0.3 is 0 Å². The fourth-order valence-corrected chi connectivity index (χ4v) is 3.32. The molecule has 162 valence electrons. The Hall–Kier alpha value is -1.61.